The van der Waals surface area contributed by atoms with Gasteiger partial charge in [0.1, 0.15) is 0 Å². The lowest BCUT2D eigenvalue weighted by atomic mass is 10.1. The topological polar surface area (TPSA) is 74.6 Å². The van der Waals surface area contributed by atoms with Crippen molar-refractivity contribution in [3.05, 3.63) is 109 Å². The van der Waals surface area contributed by atoms with E-state index in [1.54, 1.807) is 43.4 Å². The van der Waals surface area contributed by atoms with E-state index in [9.17, 15) is 9.59 Å². The maximum absolute atomic E-state index is 12.9. The van der Waals surface area contributed by atoms with Gasteiger partial charge in [-0.05, 0) is 60.7 Å². The second-order valence-corrected chi connectivity index (χ2v) is 6.88. The normalized spacial score (nSPS) is 10.4. The maximum Gasteiger partial charge on any atom is 0.293 e. The highest BCUT2D eigenvalue weighted by molar-refractivity contribution is 6.12. The van der Waals surface area contributed by atoms with Crippen molar-refractivity contribution in [1.82, 2.24) is 0 Å². The predicted octanol–water partition coefficient (Wildman–Crippen LogP) is 5.55. The van der Waals surface area contributed by atoms with Crippen molar-refractivity contribution in [2.24, 2.45) is 0 Å². The van der Waals surface area contributed by atoms with Crippen LogP contribution >= 0.6 is 0 Å². The minimum atomic E-state index is -0.332. The summed E-state index contributed by atoms with van der Waals surface area (Å²) in [6, 6.07) is 27.5. The first kappa shape index (κ1) is 20.0. The number of nitrogens with zero attached hydrogens (tertiary/aromatic N) is 1. The predicted molar refractivity (Wildman–Crippen MR) is 122 cm³/mol. The van der Waals surface area contributed by atoms with E-state index in [1.807, 2.05) is 54.6 Å². The van der Waals surface area contributed by atoms with Gasteiger partial charge in [-0.2, -0.15) is 0 Å². The quantitative estimate of drug-likeness (QED) is 0.436. The molecule has 0 spiro atoms. The van der Waals surface area contributed by atoms with Gasteiger partial charge in [-0.1, -0.05) is 30.3 Å². The van der Waals surface area contributed by atoms with Crippen molar-refractivity contribution < 1.29 is 14.0 Å². The first-order chi connectivity index (χ1) is 15.1. The molecule has 154 valence electrons. The Bertz CT molecular complexity index is 1170. The molecule has 1 aromatic heterocycles. The number of para-hydroxylation sites is 2. The van der Waals surface area contributed by atoms with E-state index in [2.05, 4.69) is 10.6 Å². The number of furan rings is 1. The van der Waals surface area contributed by atoms with Gasteiger partial charge in [0.15, 0.2) is 5.76 Å². The Kier molecular flexibility index (Phi) is 5.80. The molecule has 0 aliphatic carbocycles. The Balaban J connectivity index is 1.48. The van der Waals surface area contributed by atoms with E-state index in [-0.39, 0.29) is 17.6 Å². The summed E-state index contributed by atoms with van der Waals surface area (Å²) in [7, 11) is 1.61. The van der Waals surface area contributed by atoms with E-state index in [0.717, 1.165) is 11.4 Å². The zero-order valence-electron chi connectivity index (χ0n) is 16.9. The number of amides is 2. The average Bonchev–Trinajstić information content (AvgIpc) is 3.35. The van der Waals surface area contributed by atoms with E-state index in [4.69, 9.17) is 4.42 Å². The van der Waals surface area contributed by atoms with Crippen molar-refractivity contribution in [3.63, 3.8) is 0 Å². The fourth-order valence-electron chi connectivity index (χ4n) is 3.16. The number of hydrogen-bond donors (Lipinski definition) is 2. The summed E-state index contributed by atoms with van der Waals surface area (Å²) in [6.07, 6.45) is 1.44. The summed E-state index contributed by atoms with van der Waals surface area (Å²) >= 11 is 0. The smallest absolute Gasteiger partial charge is 0.293 e. The Morgan fingerprint density at radius 3 is 2.10 bits per heavy atom. The van der Waals surface area contributed by atoms with E-state index in [1.165, 1.54) is 11.2 Å². The van der Waals surface area contributed by atoms with Gasteiger partial charge < -0.3 is 20.0 Å². The average molecular weight is 411 g/mol. The number of carbonyl (C=O) groups is 2. The highest BCUT2D eigenvalue weighted by Crippen LogP contribution is 2.24. The number of nitrogens with one attached hydrogen (secondary N) is 2. The number of anilines is 4. The van der Waals surface area contributed by atoms with Gasteiger partial charge >= 0.3 is 0 Å². The lowest BCUT2D eigenvalue weighted by molar-refractivity contribution is 0.0966. The second kappa shape index (κ2) is 9.00. The van der Waals surface area contributed by atoms with E-state index in [0.29, 0.717) is 16.9 Å². The van der Waals surface area contributed by atoms with Crippen LogP contribution in [0, 0.1) is 0 Å². The molecule has 2 amide bonds. The molecule has 6 nitrogen and oxygen atoms in total. The standard InChI is InChI=1S/C25H21N3O3/c1-28(25(30)23-12-7-17-31-23)22-11-6-5-10-21(22)24(29)27-20-15-13-19(14-16-20)26-18-8-3-2-4-9-18/h2-17,26H,1H3,(H,27,29). The van der Waals surface area contributed by atoms with Crippen LogP contribution in [-0.2, 0) is 0 Å². The van der Waals surface area contributed by atoms with Crippen LogP contribution in [0.15, 0.2) is 102 Å². The van der Waals surface area contributed by atoms with Gasteiger partial charge in [0, 0.05) is 24.1 Å². The Hall–Kier alpha value is -4.32. The van der Waals surface area contributed by atoms with Crippen LogP contribution in [-0.4, -0.2) is 18.9 Å². The van der Waals surface area contributed by atoms with Crippen LogP contribution in [0.2, 0.25) is 0 Å². The molecule has 3 aromatic carbocycles. The van der Waals surface area contributed by atoms with Crippen LogP contribution in [0.5, 0.6) is 0 Å². The fourth-order valence-corrected chi connectivity index (χ4v) is 3.16. The van der Waals surface area contributed by atoms with Crippen molar-refractivity contribution in [1.29, 1.82) is 0 Å². The minimum absolute atomic E-state index is 0.208. The van der Waals surface area contributed by atoms with E-state index < -0.39 is 0 Å². The third kappa shape index (κ3) is 4.64. The molecule has 0 saturated carbocycles. The SMILES string of the molecule is CN(C(=O)c1ccco1)c1ccccc1C(=O)Nc1ccc(Nc2ccccc2)cc1. The summed E-state index contributed by atoms with van der Waals surface area (Å²) in [6.45, 7) is 0. The molecule has 0 saturated heterocycles. The van der Waals surface area contributed by atoms with Crippen LogP contribution in [0.4, 0.5) is 22.7 Å². The lowest BCUT2D eigenvalue weighted by Gasteiger charge is -2.19. The largest absolute Gasteiger partial charge is 0.459 e. The Labute approximate surface area is 180 Å². The Morgan fingerprint density at radius 2 is 1.39 bits per heavy atom. The van der Waals surface area contributed by atoms with Crippen molar-refractivity contribution in [2.45, 2.75) is 0 Å². The van der Waals surface area contributed by atoms with Gasteiger partial charge in [-0.15, -0.1) is 0 Å². The van der Waals surface area contributed by atoms with Crippen LogP contribution < -0.4 is 15.5 Å². The summed E-state index contributed by atoms with van der Waals surface area (Å²) in [5, 5.41) is 6.19. The molecular formula is C25H21N3O3. The van der Waals surface area contributed by atoms with Crippen molar-refractivity contribution >= 4 is 34.6 Å². The Morgan fingerprint density at radius 1 is 0.742 bits per heavy atom. The van der Waals surface area contributed by atoms with Gasteiger partial charge in [-0.3, -0.25) is 9.59 Å². The molecule has 4 aromatic rings. The molecular weight excluding hydrogens is 390 g/mol. The molecule has 0 aliphatic rings. The van der Waals surface area contributed by atoms with Crippen LogP contribution in [0.1, 0.15) is 20.9 Å². The molecule has 31 heavy (non-hydrogen) atoms. The summed E-state index contributed by atoms with van der Waals surface area (Å²) in [5.74, 6) is -0.431. The molecule has 0 unspecified atom stereocenters. The summed E-state index contributed by atoms with van der Waals surface area (Å²) in [5.41, 5.74) is 3.42. The monoisotopic (exact) mass is 411 g/mol. The third-order valence-electron chi connectivity index (χ3n) is 4.75. The third-order valence-corrected chi connectivity index (χ3v) is 4.75. The minimum Gasteiger partial charge on any atom is -0.459 e. The fraction of sp³-hybridized carbons (Fsp3) is 0.0400. The molecule has 2 N–H and O–H groups in total. The van der Waals surface area contributed by atoms with Crippen LogP contribution in [0.3, 0.4) is 0 Å². The molecule has 0 bridgehead atoms. The highest BCUT2D eigenvalue weighted by atomic mass is 16.3. The maximum atomic E-state index is 12.9. The molecule has 0 radical (unpaired) electrons. The molecule has 1 heterocycles. The highest BCUT2D eigenvalue weighted by Gasteiger charge is 2.21. The molecule has 4 rings (SSSR count). The van der Waals surface area contributed by atoms with Gasteiger partial charge in [-0.25, -0.2) is 0 Å². The van der Waals surface area contributed by atoms with Crippen molar-refractivity contribution in [2.75, 3.05) is 22.6 Å². The zero-order valence-corrected chi connectivity index (χ0v) is 16.9. The summed E-state index contributed by atoms with van der Waals surface area (Å²) in [4.78, 5) is 27.0. The number of rotatable bonds is 6. The summed E-state index contributed by atoms with van der Waals surface area (Å²) < 4.78 is 5.19. The lowest BCUT2D eigenvalue weighted by Crippen LogP contribution is -2.28. The molecule has 0 fully saturated rings. The molecule has 6 heteroatoms. The number of benzene rings is 3. The van der Waals surface area contributed by atoms with Gasteiger partial charge in [0.05, 0.1) is 17.5 Å². The first-order valence-electron chi connectivity index (χ1n) is 9.76. The molecule has 0 atom stereocenters. The number of hydrogen-bond acceptors (Lipinski definition) is 4. The molecule has 0 aliphatic heterocycles. The van der Waals surface area contributed by atoms with Crippen LogP contribution in [0.25, 0.3) is 0 Å². The zero-order chi connectivity index (χ0) is 21.6. The number of carbonyl (C=O) groups excluding carboxylic acids is 2. The van der Waals surface area contributed by atoms with Gasteiger partial charge in [0.2, 0.25) is 0 Å². The first-order valence-corrected chi connectivity index (χ1v) is 9.76. The van der Waals surface area contributed by atoms with Gasteiger partial charge in [0.25, 0.3) is 11.8 Å². The second-order valence-electron chi connectivity index (χ2n) is 6.88. The van der Waals surface area contributed by atoms with E-state index >= 15 is 0 Å². The van der Waals surface area contributed by atoms with Crippen molar-refractivity contribution in [3.8, 4) is 0 Å².